The molecule has 0 aliphatic rings. The Bertz CT molecular complexity index is 331. The summed E-state index contributed by atoms with van der Waals surface area (Å²) in [5, 5.41) is 9.41. The molecule has 0 atom stereocenters. The molecule has 0 saturated heterocycles. The lowest BCUT2D eigenvalue weighted by Crippen LogP contribution is -2.42. The van der Waals surface area contributed by atoms with E-state index < -0.39 is 0 Å². The van der Waals surface area contributed by atoms with E-state index >= 15 is 0 Å². The lowest BCUT2D eigenvalue weighted by atomic mass is 9.91. The number of thiocarbonyl (C=S) groups is 1. The van der Waals surface area contributed by atoms with Gasteiger partial charge in [0.1, 0.15) is 0 Å². The molecule has 0 aromatic carbocycles. The smallest absolute Gasteiger partial charge is 0.166 e. The highest BCUT2D eigenvalue weighted by atomic mass is 32.1. The number of rotatable bonds is 6. The fourth-order valence-corrected chi connectivity index (χ4v) is 2.52. The first-order valence-electron chi connectivity index (χ1n) is 6.12. The second-order valence-corrected chi connectivity index (χ2v) is 6.18. The minimum Gasteiger partial charge on any atom is -0.363 e. The monoisotopic (exact) mass is 270 g/mol. The molecule has 0 saturated carbocycles. The van der Waals surface area contributed by atoms with Gasteiger partial charge in [-0.05, 0) is 30.1 Å². The molecular formula is C13H22N2S2. The molecule has 0 spiro atoms. The Morgan fingerprint density at radius 2 is 2.18 bits per heavy atom. The maximum Gasteiger partial charge on any atom is 0.166 e. The number of hydrogen-bond donors (Lipinski definition) is 2. The maximum atomic E-state index is 5.25. The summed E-state index contributed by atoms with van der Waals surface area (Å²) in [5.41, 5.74) is 0.130. The van der Waals surface area contributed by atoms with E-state index in [9.17, 15) is 0 Å². The molecule has 0 aliphatic heterocycles. The molecule has 1 heterocycles. The standard InChI is InChI=1S/C13H22N2S2/c1-4-5-8-14-12(16)15-10-13(2,3)11-7-6-9-17-11/h6-7,9H,4-5,8,10H2,1-3H3,(H2,14,15,16). The Kier molecular flexibility index (Phi) is 5.92. The van der Waals surface area contributed by atoms with Crippen molar-refractivity contribution < 1.29 is 0 Å². The van der Waals surface area contributed by atoms with Crippen molar-refractivity contribution in [3.63, 3.8) is 0 Å². The average molecular weight is 270 g/mol. The van der Waals surface area contributed by atoms with E-state index in [1.54, 1.807) is 11.3 Å². The molecule has 0 unspecified atom stereocenters. The third kappa shape index (κ3) is 5.04. The quantitative estimate of drug-likeness (QED) is 0.613. The van der Waals surface area contributed by atoms with Gasteiger partial charge in [0.15, 0.2) is 5.11 Å². The largest absolute Gasteiger partial charge is 0.363 e. The van der Waals surface area contributed by atoms with Crippen molar-refractivity contribution in [3.8, 4) is 0 Å². The lowest BCUT2D eigenvalue weighted by Gasteiger charge is -2.24. The van der Waals surface area contributed by atoms with Gasteiger partial charge in [0.25, 0.3) is 0 Å². The molecule has 1 aromatic rings. The SMILES string of the molecule is CCCCNC(=S)NCC(C)(C)c1cccs1. The van der Waals surface area contributed by atoms with E-state index in [4.69, 9.17) is 12.2 Å². The van der Waals surface area contributed by atoms with Gasteiger partial charge in [-0.2, -0.15) is 0 Å². The molecule has 0 amide bonds. The summed E-state index contributed by atoms with van der Waals surface area (Å²) >= 11 is 7.05. The van der Waals surface area contributed by atoms with Crippen LogP contribution in [0.3, 0.4) is 0 Å². The van der Waals surface area contributed by atoms with Gasteiger partial charge in [-0.15, -0.1) is 11.3 Å². The Hall–Kier alpha value is -0.610. The van der Waals surface area contributed by atoms with Crippen molar-refractivity contribution in [1.82, 2.24) is 10.6 Å². The van der Waals surface area contributed by atoms with Crippen molar-refractivity contribution in [2.24, 2.45) is 0 Å². The highest BCUT2D eigenvalue weighted by Gasteiger charge is 2.21. The molecule has 0 bridgehead atoms. The van der Waals surface area contributed by atoms with Crippen LogP contribution < -0.4 is 10.6 Å². The molecule has 0 aliphatic carbocycles. The normalized spacial score (nSPS) is 11.2. The fraction of sp³-hybridized carbons (Fsp3) is 0.615. The first-order chi connectivity index (χ1) is 8.06. The zero-order valence-corrected chi connectivity index (χ0v) is 12.5. The van der Waals surface area contributed by atoms with Gasteiger partial charge in [-0.3, -0.25) is 0 Å². The molecule has 4 heteroatoms. The molecule has 17 heavy (non-hydrogen) atoms. The molecule has 96 valence electrons. The van der Waals surface area contributed by atoms with Crippen LogP contribution in [0.4, 0.5) is 0 Å². The zero-order valence-electron chi connectivity index (χ0n) is 10.9. The molecule has 1 aromatic heterocycles. The van der Waals surface area contributed by atoms with E-state index in [1.165, 1.54) is 11.3 Å². The Balaban J connectivity index is 2.32. The van der Waals surface area contributed by atoms with Gasteiger partial charge in [-0.25, -0.2) is 0 Å². The van der Waals surface area contributed by atoms with Crippen LogP contribution in [0.1, 0.15) is 38.5 Å². The van der Waals surface area contributed by atoms with E-state index in [1.807, 2.05) is 0 Å². The maximum absolute atomic E-state index is 5.25. The Morgan fingerprint density at radius 3 is 2.76 bits per heavy atom. The number of unbranched alkanes of at least 4 members (excludes halogenated alkanes) is 1. The topological polar surface area (TPSA) is 24.1 Å². The number of thiophene rings is 1. The summed E-state index contributed by atoms with van der Waals surface area (Å²) in [6.07, 6.45) is 2.35. The van der Waals surface area contributed by atoms with Crippen molar-refractivity contribution in [2.45, 2.75) is 39.0 Å². The zero-order chi connectivity index (χ0) is 12.7. The van der Waals surface area contributed by atoms with E-state index in [0.29, 0.717) is 0 Å². The van der Waals surface area contributed by atoms with E-state index in [-0.39, 0.29) is 5.41 Å². The van der Waals surface area contributed by atoms with Crippen LogP contribution in [0, 0.1) is 0 Å². The minimum atomic E-state index is 0.130. The van der Waals surface area contributed by atoms with Crippen LogP contribution in [-0.4, -0.2) is 18.2 Å². The summed E-state index contributed by atoms with van der Waals surface area (Å²) < 4.78 is 0. The van der Waals surface area contributed by atoms with E-state index in [2.05, 4.69) is 48.9 Å². The summed E-state index contributed by atoms with van der Waals surface area (Å²) in [5.74, 6) is 0. The van der Waals surface area contributed by atoms with Crippen LogP contribution in [0.25, 0.3) is 0 Å². The first-order valence-corrected chi connectivity index (χ1v) is 7.40. The van der Waals surface area contributed by atoms with Gasteiger partial charge in [0, 0.05) is 23.4 Å². The van der Waals surface area contributed by atoms with Crippen molar-refractivity contribution >= 4 is 28.7 Å². The third-order valence-corrected chi connectivity index (χ3v) is 4.22. The molecule has 2 N–H and O–H groups in total. The predicted octanol–water partition coefficient (Wildman–Crippen LogP) is 3.29. The molecule has 2 nitrogen and oxygen atoms in total. The van der Waals surface area contributed by atoms with Crippen LogP contribution in [0.2, 0.25) is 0 Å². The van der Waals surface area contributed by atoms with Crippen molar-refractivity contribution in [2.75, 3.05) is 13.1 Å². The van der Waals surface area contributed by atoms with Gasteiger partial charge in [0.05, 0.1) is 0 Å². The lowest BCUT2D eigenvalue weighted by molar-refractivity contribution is 0.520. The first kappa shape index (κ1) is 14.5. The second kappa shape index (κ2) is 6.97. The van der Waals surface area contributed by atoms with Gasteiger partial charge >= 0.3 is 0 Å². The predicted molar refractivity (Wildman–Crippen MR) is 80.9 cm³/mol. The van der Waals surface area contributed by atoms with Crippen molar-refractivity contribution in [3.05, 3.63) is 22.4 Å². The fourth-order valence-electron chi connectivity index (χ4n) is 1.49. The highest BCUT2D eigenvalue weighted by molar-refractivity contribution is 7.80. The summed E-state index contributed by atoms with van der Waals surface area (Å²) in [4.78, 5) is 1.39. The third-order valence-electron chi connectivity index (χ3n) is 2.69. The second-order valence-electron chi connectivity index (χ2n) is 4.82. The molecule has 0 radical (unpaired) electrons. The summed E-state index contributed by atoms with van der Waals surface area (Å²) in [6.45, 7) is 8.48. The van der Waals surface area contributed by atoms with Gasteiger partial charge in [0.2, 0.25) is 0 Å². The minimum absolute atomic E-state index is 0.130. The van der Waals surface area contributed by atoms with Crippen LogP contribution >= 0.6 is 23.6 Å². The van der Waals surface area contributed by atoms with Gasteiger partial charge < -0.3 is 10.6 Å². The highest BCUT2D eigenvalue weighted by Crippen LogP contribution is 2.26. The number of nitrogens with one attached hydrogen (secondary N) is 2. The van der Waals surface area contributed by atoms with Crippen LogP contribution in [0.15, 0.2) is 17.5 Å². The Labute approximate surface area is 114 Å². The number of hydrogen-bond acceptors (Lipinski definition) is 2. The van der Waals surface area contributed by atoms with E-state index in [0.717, 1.165) is 24.6 Å². The van der Waals surface area contributed by atoms with Crippen LogP contribution in [-0.2, 0) is 5.41 Å². The van der Waals surface area contributed by atoms with Crippen LogP contribution in [0.5, 0.6) is 0 Å². The molecular weight excluding hydrogens is 248 g/mol. The average Bonchev–Trinajstić information content (AvgIpc) is 2.81. The Morgan fingerprint density at radius 1 is 1.41 bits per heavy atom. The molecule has 0 fully saturated rings. The molecule has 1 rings (SSSR count). The van der Waals surface area contributed by atoms with Crippen molar-refractivity contribution in [1.29, 1.82) is 0 Å². The summed E-state index contributed by atoms with van der Waals surface area (Å²) in [6, 6.07) is 4.28. The van der Waals surface area contributed by atoms with Gasteiger partial charge in [-0.1, -0.05) is 33.3 Å². The summed E-state index contributed by atoms with van der Waals surface area (Å²) in [7, 11) is 0.